The van der Waals surface area contributed by atoms with Gasteiger partial charge in [-0.15, -0.1) is 0 Å². The third-order valence-corrected chi connectivity index (χ3v) is 4.04. The van der Waals surface area contributed by atoms with Crippen LogP contribution in [0.15, 0.2) is 36.7 Å². The molecule has 2 aliphatic heterocycles. The van der Waals surface area contributed by atoms with Crippen molar-refractivity contribution in [1.29, 1.82) is 0 Å². The van der Waals surface area contributed by atoms with Crippen LogP contribution in [0.5, 0.6) is 5.88 Å². The van der Waals surface area contributed by atoms with Crippen molar-refractivity contribution < 1.29 is 14.6 Å². The molecule has 2 aliphatic rings. The average molecular weight is 363 g/mol. The first-order chi connectivity index (χ1) is 12.8. The summed E-state index contributed by atoms with van der Waals surface area (Å²) in [7, 11) is 0. The highest BCUT2D eigenvalue weighted by molar-refractivity contribution is 5.76. The number of aryl methyl sites for hydroxylation is 1. The van der Waals surface area contributed by atoms with Gasteiger partial charge in [-0.25, -0.2) is 14.5 Å². The second-order valence-corrected chi connectivity index (χ2v) is 7.24. The highest BCUT2D eigenvalue weighted by Gasteiger charge is 2.27. The Morgan fingerprint density at radius 2 is 1.96 bits per heavy atom. The van der Waals surface area contributed by atoms with Gasteiger partial charge < -0.3 is 9.84 Å². The molecule has 0 saturated heterocycles. The topological polar surface area (TPSA) is 77.2 Å². The van der Waals surface area contributed by atoms with Crippen molar-refractivity contribution in [3.05, 3.63) is 53.5 Å². The van der Waals surface area contributed by atoms with E-state index in [1.54, 1.807) is 27.7 Å². The van der Waals surface area contributed by atoms with E-state index in [-0.39, 0.29) is 18.5 Å². The van der Waals surface area contributed by atoms with Crippen LogP contribution in [0.2, 0.25) is 0 Å². The lowest BCUT2D eigenvalue weighted by atomic mass is 9.97. The van der Waals surface area contributed by atoms with Crippen molar-refractivity contribution in [2.45, 2.75) is 34.3 Å². The second-order valence-electron chi connectivity index (χ2n) is 7.24. The van der Waals surface area contributed by atoms with Gasteiger partial charge in [-0.2, -0.15) is 0 Å². The van der Waals surface area contributed by atoms with Crippen LogP contribution in [0.4, 0.5) is 0 Å². The fourth-order valence-corrected chi connectivity index (χ4v) is 2.47. The number of nitrogens with zero attached hydrogens (tertiary/aromatic N) is 3. The number of hydrogen-bond acceptors (Lipinski definition) is 5. The molecule has 0 radical (unpaired) electrons. The zero-order valence-electron chi connectivity index (χ0n) is 15.8. The maximum Gasteiger partial charge on any atom is 0.311 e. The Bertz CT molecular complexity index is 1000. The van der Waals surface area contributed by atoms with Crippen LogP contribution >= 0.6 is 0 Å². The lowest BCUT2D eigenvalue weighted by Crippen LogP contribution is -2.22. The largest absolute Gasteiger partial charge is 0.493 e. The summed E-state index contributed by atoms with van der Waals surface area (Å²) in [6.45, 7) is 7.17. The van der Waals surface area contributed by atoms with Gasteiger partial charge >= 0.3 is 5.97 Å². The molecule has 0 bridgehead atoms. The van der Waals surface area contributed by atoms with E-state index >= 15 is 0 Å². The Balaban J connectivity index is 1.96. The van der Waals surface area contributed by atoms with E-state index in [1.165, 1.54) is 10.9 Å². The molecule has 0 aliphatic carbocycles. The van der Waals surface area contributed by atoms with Gasteiger partial charge in [0.25, 0.3) is 0 Å². The summed E-state index contributed by atoms with van der Waals surface area (Å²) < 4.78 is 6.74. The molecule has 1 aromatic carbocycles. The molecule has 1 N–H and O–H groups in total. The van der Waals surface area contributed by atoms with E-state index in [2.05, 4.69) is 21.9 Å². The number of carbonyl (C=O) groups excluding carboxylic acids is 1. The zero-order chi connectivity index (χ0) is 19.6. The highest BCUT2D eigenvalue weighted by atomic mass is 16.5. The standard InChI is InChI=1S/C21H21N3O3/c1-14-16(12-27-20(26)21(2,3)4)17-18(23-14)22-13-24(19(17)25)11-10-15-8-6-5-7-9-15/h5-9,13,25H,12H2,1-4H3. The molecule has 3 rings (SSSR count). The molecule has 0 atom stereocenters. The van der Waals surface area contributed by atoms with E-state index in [1.807, 2.05) is 30.3 Å². The van der Waals surface area contributed by atoms with Crippen molar-refractivity contribution in [3.8, 4) is 29.2 Å². The molecule has 0 spiro atoms. The quantitative estimate of drug-likeness (QED) is 0.558. The number of hydrogen-bond donors (Lipinski definition) is 1. The molecule has 0 amide bonds. The highest BCUT2D eigenvalue weighted by Crippen LogP contribution is 2.35. The van der Waals surface area contributed by atoms with E-state index in [0.717, 1.165) is 5.56 Å². The smallest absolute Gasteiger partial charge is 0.311 e. The number of fused-ring (bicyclic) bond motifs is 1. The number of rotatable bonds is 2. The molecular formula is C21H21N3O3. The summed E-state index contributed by atoms with van der Waals surface area (Å²) in [6.07, 6.45) is 1.42. The number of ether oxygens (including phenoxy) is 1. The van der Waals surface area contributed by atoms with Crippen molar-refractivity contribution in [1.82, 2.24) is 14.5 Å². The first kappa shape index (κ1) is 18.5. The number of esters is 1. The molecule has 6 heteroatoms. The minimum atomic E-state index is -0.606. The second kappa shape index (κ2) is 7.12. The van der Waals surface area contributed by atoms with Crippen LogP contribution in [0, 0.1) is 24.3 Å². The summed E-state index contributed by atoms with van der Waals surface area (Å²) in [5.74, 6) is 2.96. The van der Waals surface area contributed by atoms with Crippen molar-refractivity contribution >= 4 is 5.97 Å². The maximum absolute atomic E-state index is 12.1. The first-order valence-corrected chi connectivity index (χ1v) is 8.57. The molecule has 27 heavy (non-hydrogen) atoms. The first-order valence-electron chi connectivity index (χ1n) is 8.57. The van der Waals surface area contributed by atoms with Gasteiger partial charge in [0, 0.05) is 22.9 Å². The fourth-order valence-electron chi connectivity index (χ4n) is 2.47. The van der Waals surface area contributed by atoms with E-state index < -0.39 is 5.41 Å². The molecular weight excluding hydrogens is 342 g/mol. The molecule has 0 unspecified atom stereocenters. The van der Waals surface area contributed by atoms with Crippen LogP contribution in [0.3, 0.4) is 0 Å². The fraction of sp³-hybridized carbons (Fsp3) is 0.286. The van der Waals surface area contributed by atoms with Gasteiger partial charge in [-0.05, 0) is 45.7 Å². The summed E-state index contributed by atoms with van der Waals surface area (Å²) in [5, 5.41) is 10.7. The normalized spacial score (nSPS) is 11.1. The van der Waals surface area contributed by atoms with Crippen molar-refractivity contribution in [3.63, 3.8) is 0 Å². The van der Waals surface area contributed by atoms with Gasteiger partial charge in [0.2, 0.25) is 5.88 Å². The molecule has 0 aromatic heterocycles. The van der Waals surface area contributed by atoms with Gasteiger partial charge in [0.15, 0.2) is 5.82 Å². The third-order valence-electron chi connectivity index (χ3n) is 4.04. The monoisotopic (exact) mass is 363 g/mol. The summed E-state index contributed by atoms with van der Waals surface area (Å²) in [6, 6.07) is 12.3. The van der Waals surface area contributed by atoms with Crippen molar-refractivity contribution in [2.75, 3.05) is 0 Å². The molecule has 0 saturated carbocycles. The summed E-state index contributed by atoms with van der Waals surface area (Å²) >= 11 is 0. The maximum atomic E-state index is 12.1. The average Bonchev–Trinajstić information content (AvgIpc) is 2.95. The molecule has 0 fully saturated rings. The third kappa shape index (κ3) is 3.93. The number of aromatic hydroxyl groups is 1. The Kier molecular flexibility index (Phi) is 4.87. The Labute approximate surface area is 158 Å². The van der Waals surface area contributed by atoms with Crippen molar-refractivity contribution in [2.24, 2.45) is 5.41 Å². The van der Waals surface area contributed by atoms with Gasteiger partial charge in [-0.3, -0.25) is 4.79 Å². The van der Waals surface area contributed by atoms with E-state index in [4.69, 9.17) is 4.74 Å². The predicted molar refractivity (Wildman–Crippen MR) is 101 cm³/mol. The van der Waals surface area contributed by atoms with Gasteiger partial charge in [0.1, 0.15) is 12.9 Å². The van der Waals surface area contributed by atoms with Crippen LogP contribution in [0.1, 0.15) is 37.6 Å². The number of benzene rings is 1. The Morgan fingerprint density at radius 3 is 2.63 bits per heavy atom. The number of carbonyl (C=O) groups is 1. The van der Waals surface area contributed by atoms with Crippen LogP contribution in [-0.2, 0) is 16.1 Å². The minimum Gasteiger partial charge on any atom is -0.493 e. The minimum absolute atomic E-state index is 0.0177. The Morgan fingerprint density at radius 1 is 1.26 bits per heavy atom. The van der Waals surface area contributed by atoms with Crippen LogP contribution in [-0.4, -0.2) is 25.6 Å². The van der Waals surface area contributed by atoms with Crippen LogP contribution < -0.4 is 0 Å². The SMILES string of the molecule is Cc1nc2ncn(C#Cc3ccccc3)c(O)c-2c1COC(=O)C(C)(C)C. The van der Waals surface area contributed by atoms with Crippen LogP contribution in [0.25, 0.3) is 11.4 Å². The summed E-state index contributed by atoms with van der Waals surface area (Å²) in [4.78, 5) is 20.7. The molecule has 2 heterocycles. The van der Waals surface area contributed by atoms with E-state index in [9.17, 15) is 9.90 Å². The molecule has 1 aromatic rings. The van der Waals surface area contributed by atoms with Gasteiger partial charge in [-0.1, -0.05) is 18.2 Å². The summed E-state index contributed by atoms with van der Waals surface area (Å²) in [5.41, 5.74) is 1.94. The zero-order valence-corrected chi connectivity index (χ0v) is 15.8. The number of aromatic nitrogens is 3. The van der Waals surface area contributed by atoms with Gasteiger partial charge in [0.05, 0.1) is 11.0 Å². The Hall–Kier alpha value is -3.33. The van der Waals surface area contributed by atoms with E-state index in [0.29, 0.717) is 22.6 Å². The molecule has 138 valence electrons. The lowest BCUT2D eigenvalue weighted by Gasteiger charge is -2.17. The molecule has 6 nitrogen and oxygen atoms in total. The lowest BCUT2D eigenvalue weighted by molar-refractivity contribution is -0.154. The predicted octanol–water partition coefficient (Wildman–Crippen LogP) is 3.34.